The van der Waals surface area contributed by atoms with Gasteiger partial charge in [0.25, 0.3) is 5.91 Å². The number of amides is 2. The van der Waals surface area contributed by atoms with Crippen LogP contribution in [-0.4, -0.2) is 30.9 Å². The molecule has 31 heavy (non-hydrogen) atoms. The van der Waals surface area contributed by atoms with E-state index in [1.807, 2.05) is 49.4 Å². The van der Waals surface area contributed by atoms with Crippen molar-refractivity contribution in [1.82, 2.24) is 0 Å². The van der Waals surface area contributed by atoms with Crippen molar-refractivity contribution in [2.45, 2.75) is 13.8 Å². The minimum Gasteiger partial charge on any atom is -0.463 e. The second-order valence-corrected chi connectivity index (χ2v) is 6.70. The van der Waals surface area contributed by atoms with E-state index in [4.69, 9.17) is 4.74 Å². The summed E-state index contributed by atoms with van der Waals surface area (Å²) in [6.45, 7) is 4.39. The van der Waals surface area contributed by atoms with Gasteiger partial charge in [0.05, 0.1) is 12.3 Å². The second-order valence-electron chi connectivity index (χ2n) is 6.70. The first kappa shape index (κ1) is 21.8. The van der Waals surface area contributed by atoms with Crippen LogP contribution in [0, 0.1) is 0 Å². The number of benzene rings is 3. The highest BCUT2D eigenvalue weighted by Gasteiger charge is 2.18. The summed E-state index contributed by atoms with van der Waals surface area (Å²) >= 11 is 0. The number of ether oxygens (including phenoxy) is 1. The minimum absolute atomic E-state index is 0.126. The van der Waals surface area contributed by atoms with Crippen molar-refractivity contribution in [2.24, 2.45) is 0 Å². The first-order valence-electron chi connectivity index (χ1n) is 10.1. The maximum atomic E-state index is 13.2. The summed E-state index contributed by atoms with van der Waals surface area (Å²) in [6.07, 6.45) is 2.18. The average molecular weight is 416 g/mol. The molecule has 0 aromatic heterocycles. The third kappa shape index (κ3) is 5.36. The summed E-state index contributed by atoms with van der Waals surface area (Å²) < 4.78 is 4.73. The molecule has 0 unspecified atom stereocenters. The summed E-state index contributed by atoms with van der Waals surface area (Å²) in [7, 11) is 0. The van der Waals surface area contributed by atoms with Crippen LogP contribution < -0.4 is 10.2 Å². The summed E-state index contributed by atoms with van der Waals surface area (Å²) in [5.74, 6) is -1.16. The fourth-order valence-electron chi connectivity index (χ4n) is 3.24. The maximum absolute atomic E-state index is 13.2. The molecule has 0 saturated carbocycles. The van der Waals surface area contributed by atoms with E-state index in [-0.39, 0.29) is 12.5 Å². The zero-order chi connectivity index (χ0) is 22.2. The quantitative estimate of drug-likeness (QED) is 0.452. The Hall–Kier alpha value is -3.93. The Labute approximate surface area is 181 Å². The maximum Gasteiger partial charge on any atom is 0.330 e. The standard InChI is InChI=1S/C25H24N2O4/c1-3-27(22-11-7-9-18-8-5-6-10-21(18)22)25(30)19-12-14-20(15-13-19)26-23(28)16-17-24(29)31-4-2/h5-17H,3-4H2,1-2H3,(H,26,28)/b17-16+. The van der Waals surface area contributed by atoms with Crippen LogP contribution in [0.4, 0.5) is 11.4 Å². The number of carbonyl (C=O) groups excluding carboxylic acids is 3. The Morgan fingerprint density at radius 1 is 0.903 bits per heavy atom. The van der Waals surface area contributed by atoms with E-state index in [1.165, 1.54) is 0 Å². The molecule has 3 rings (SSSR count). The summed E-state index contributed by atoms with van der Waals surface area (Å²) in [5, 5.41) is 4.73. The fraction of sp³-hybridized carbons (Fsp3) is 0.160. The number of fused-ring (bicyclic) bond motifs is 1. The van der Waals surface area contributed by atoms with Gasteiger partial charge in [0.2, 0.25) is 5.91 Å². The lowest BCUT2D eigenvalue weighted by Crippen LogP contribution is -2.30. The Morgan fingerprint density at radius 3 is 2.32 bits per heavy atom. The lowest BCUT2D eigenvalue weighted by molar-refractivity contribution is -0.137. The van der Waals surface area contributed by atoms with Gasteiger partial charge in [0, 0.05) is 35.3 Å². The Kier molecular flexibility index (Phi) is 7.17. The SMILES string of the molecule is CCOC(=O)/C=C/C(=O)Nc1ccc(C(=O)N(CC)c2cccc3ccccc23)cc1. The zero-order valence-corrected chi connectivity index (χ0v) is 17.5. The smallest absolute Gasteiger partial charge is 0.330 e. The summed E-state index contributed by atoms with van der Waals surface area (Å²) in [4.78, 5) is 38.1. The monoisotopic (exact) mass is 416 g/mol. The van der Waals surface area contributed by atoms with Crippen molar-refractivity contribution in [3.05, 3.63) is 84.4 Å². The first-order chi connectivity index (χ1) is 15.0. The number of hydrogen-bond acceptors (Lipinski definition) is 4. The van der Waals surface area contributed by atoms with Crippen LogP contribution in [0.2, 0.25) is 0 Å². The van der Waals surface area contributed by atoms with E-state index in [9.17, 15) is 14.4 Å². The number of esters is 1. The van der Waals surface area contributed by atoms with E-state index >= 15 is 0 Å². The average Bonchev–Trinajstić information content (AvgIpc) is 2.79. The van der Waals surface area contributed by atoms with Gasteiger partial charge in [0.1, 0.15) is 0 Å². The highest BCUT2D eigenvalue weighted by atomic mass is 16.5. The summed E-state index contributed by atoms with van der Waals surface area (Å²) in [6, 6.07) is 20.5. The van der Waals surface area contributed by atoms with Crippen molar-refractivity contribution >= 4 is 39.9 Å². The predicted molar refractivity (Wildman–Crippen MR) is 122 cm³/mol. The van der Waals surface area contributed by atoms with Crippen LogP contribution in [0.5, 0.6) is 0 Å². The Bertz CT molecular complexity index is 1110. The number of carbonyl (C=O) groups is 3. The molecule has 0 heterocycles. The van der Waals surface area contributed by atoms with Gasteiger partial charge in [-0.2, -0.15) is 0 Å². The van der Waals surface area contributed by atoms with Gasteiger partial charge < -0.3 is 15.0 Å². The van der Waals surface area contributed by atoms with Gasteiger partial charge in [-0.15, -0.1) is 0 Å². The molecule has 0 spiro atoms. The van der Waals surface area contributed by atoms with Crippen LogP contribution in [0.15, 0.2) is 78.9 Å². The summed E-state index contributed by atoms with van der Waals surface area (Å²) in [5.41, 5.74) is 1.88. The van der Waals surface area contributed by atoms with Gasteiger partial charge in [-0.3, -0.25) is 9.59 Å². The van der Waals surface area contributed by atoms with Crippen molar-refractivity contribution in [3.63, 3.8) is 0 Å². The number of nitrogens with one attached hydrogen (secondary N) is 1. The zero-order valence-electron chi connectivity index (χ0n) is 17.5. The molecule has 3 aromatic carbocycles. The molecule has 0 radical (unpaired) electrons. The highest BCUT2D eigenvalue weighted by molar-refractivity contribution is 6.11. The lowest BCUT2D eigenvalue weighted by Gasteiger charge is -2.23. The molecule has 0 saturated heterocycles. The molecular formula is C25H24N2O4. The van der Waals surface area contributed by atoms with Crippen LogP contribution in [0.1, 0.15) is 24.2 Å². The third-order valence-electron chi connectivity index (χ3n) is 4.68. The Balaban J connectivity index is 1.74. The van der Waals surface area contributed by atoms with E-state index < -0.39 is 11.9 Å². The minimum atomic E-state index is -0.577. The molecule has 6 heteroatoms. The largest absolute Gasteiger partial charge is 0.463 e. The third-order valence-corrected chi connectivity index (χ3v) is 4.68. The molecule has 0 aliphatic carbocycles. The van der Waals surface area contributed by atoms with Gasteiger partial charge in [-0.05, 0) is 49.6 Å². The Morgan fingerprint density at radius 2 is 1.61 bits per heavy atom. The van der Waals surface area contributed by atoms with E-state index in [0.29, 0.717) is 17.8 Å². The molecular weight excluding hydrogens is 392 g/mol. The fourth-order valence-corrected chi connectivity index (χ4v) is 3.24. The molecule has 1 N–H and O–H groups in total. The van der Waals surface area contributed by atoms with Gasteiger partial charge in [-0.25, -0.2) is 4.79 Å². The molecule has 158 valence electrons. The topological polar surface area (TPSA) is 75.7 Å². The predicted octanol–water partition coefficient (Wildman–Crippen LogP) is 4.56. The molecule has 0 bridgehead atoms. The molecule has 3 aromatic rings. The normalized spacial score (nSPS) is 10.8. The number of hydrogen-bond donors (Lipinski definition) is 1. The number of anilines is 2. The molecule has 0 aliphatic rings. The van der Waals surface area contributed by atoms with Crippen LogP contribution in [0.25, 0.3) is 10.8 Å². The molecule has 0 atom stereocenters. The van der Waals surface area contributed by atoms with E-state index in [0.717, 1.165) is 28.6 Å². The molecule has 6 nitrogen and oxygen atoms in total. The van der Waals surface area contributed by atoms with Crippen LogP contribution in [-0.2, 0) is 14.3 Å². The van der Waals surface area contributed by atoms with Crippen molar-refractivity contribution in [3.8, 4) is 0 Å². The number of rotatable bonds is 7. The number of nitrogens with zero attached hydrogens (tertiary/aromatic N) is 1. The highest BCUT2D eigenvalue weighted by Crippen LogP contribution is 2.28. The van der Waals surface area contributed by atoms with Crippen LogP contribution in [0.3, 0.4) is 0 Å². The van der Waals surface area contributed by atoms with Gasteiger partial charge in [0.15, 0.2) is 0 Å². The second kappa shape index (κ2) is 10.2. The van der Waals surface area contributed by atoms with Gasteiger partial charge >= 0.3 is 5.97 Å². The van der Waals surface area contributed by atoms with Crippen molar-refractivity contribution in [2.75, 3.05) is 23.4 Å². The van der Waals surface area contributed by atoms with Crippen LogP contribution >= 0.6 is 0 Å². The molecule has 2 amide bonds. The van der Waals surface area contributed by atoms with E-state index in [1.54, 1.807) is 36.1 Å². The van der Waals surface area contributed by atoms with Gasteiger partial charge in [-0.1, -0.05) is 36.4 Å². The molecule has 0 fully saturated rings. The lowest BCUT2D eigenvalue weighted by atomic mass is 10.1. The molecule has 0 aliphatic heterocycles. The van der Waals surface area contributed by atoms with Crippen molar-refractivity contribution in [1.29, 1.82) is 0 Å². The first-order valence-corrected chi connectivity index (χ1v) is 10.1. The van der Waals surface area contributed by atoms with Crippen molar-refractivity contribution < 1.29 is 19.1 Å². The van der Waals surface area contributed by atoms with E-state index in [2.05, 4.69) is 5.32 Å².